The van der Waals surface area contributed by atoms with Crippen molar-refractivity contribution in [3.05, 3.63) is 112 Å². The van der Waals surface area contributed by atoms with Crippen molar-refractivity contribution in [2.75, 3.05) is 25.0 Å². The molecule has 0 saturated heterocycles. The van der Waals surface area contributed by atoms with Gasteiger partial charge in [0, 0.05) is 42.0 Å². The van der Waals surface area contributed by atoms with Crippen LogP contribution in [0.15, 0.2) is 77.2 Å². The van der Waals surface area contributed by atoms with Gasteiger partial charge < -0.3 is 24.6 Å². The molecule has 6 rings (SSSR count). The molecule has 0 saturated carbocycles. The maximum absolute atomic E-state index is 14.6. The Morgan fingerprint density at radius 1 is 0.940 bits per heavy atom. The standard InChI is InChI=1S/C40H45N5O5/c1-5-7-19-43(20-8-6-2)40(49)34-21-26(3)45(42-34)35-18-17-30(41-38(47)37-27(4)32-15-11-12-16-36(32)50-37)23-33(35)39(48)44-24-29-14-10-9-13-28(29)22-31(44)25-46/h9-18,21,23,31,46H,5-8,19-20,22,24-25H2,1-4H3,(H,41,47)/t31-/m0/s1. The van der Waals surface area contributed by atoms with Crippen LogP contribution in [0.3, 0.4) is 0 Å². The van der Waals surface area contributed by atoms with Crippen LogP contribution >= 0.6 is 0 Å². The van der Waals surface area contributed by atoms with E-state index < -0.39 is 11.9 Å². The molecule has 2 aromatic heterocycles. The number of nitrogens with zero attached hydrogens (tertiary/aromatic N) is 4. The van der Waals surface area contributed by atoms with E-state index >= 15 is 0 Å². The van der Waals surface area contributed by atoms with Gasteiger partial charge >= 0.3 is 0 Å². The Morgan fingerprint density at radius 2 is 1.64 bits per heavy atom. The lowest BCUT2D eigenvalue weighted by atomic mass is 9.93. The lowest BCUT2D eigenvalue weighted by Gasteiger charge is -2.36. The highest BCUT2D eigenvalue weighted by molar-refractivity contribution is 6.07. The first-order chi connectivity index (χ1) is 24.2. The van der Waals surface area contributed by atoms with E-state index in [1.165, 1.54) is 0 Å². The number of aryl methyl sites for hydroxylation is 2. The van der Waals surface area contributed by atoms with E-state index in [4.69, 9.17) is 9.52 Å². The molecule has 50 heavy (non-hydrogen) atoms. The van der Waals surface area contributed by atoms with Crippen molar-refractivity contribution in [1.29, 1.82) is 0 Å². The van der Waals surface area contributed by atoms with E-state index in [1.807, 2.05) is 67.3 Å². The van der Waals surface area contributed by atoms with Gasteiger partial charge in [-0.3, -0.25) is 14.4 Å². The molecule has 0 aliphatic carbocycles. The van der Waals surface area contributed by atoms with Crippen molar-refractivity contribution in [3.8, 4) is 5.69 Å². The number of amides is 3. The number of carbonyl (C=O) groups is 3. The van der Waals surface area contributed by atoms with Crippen LogP contribution in [0.5, 0.6) is 0 Å². The summed E-state index contributed by atoms with van der Waals surface area (Å²) in [6.07, 6.45) is 4.27. The summed E-state index contributed by atoms with van der Waals surface area (Å²) in [5.74, 6) is -0.704. The molecule has 3 aromatic carbocycles. The molecule has 3 heterocycles. The van der Waals surface area contributed by atoms with E-state index in [9.17, 15) is 19.5 Å². The summed E-state index contributed by atoms with van der Waals surface area (Å²) in [7, 11) is 0. The Bertz CT molecular complexity index is 2020. The summed E-state index contributed by atoms with van der Waals surface area (Å²) >= 11 is 0. The van der Waals surface area contributed by atoms with Crippen LogP contribution in [0.4, 0.5) is 5.69 Å². The zero-order valence-corrected chi connectivity index (χ0v) is 29.2. The fourth-order valence-corrected chi connectivity index (χ4v) is 6.69. The molecule has 1 aliphatic heterocycles. The summed E-state index contributed by atoms with van der Waals surface area (Å²) in [5, 5.41) is 19.0. The molecule has 0 bridgehead atoms. The molecule has 10 nitrogen and oxygen atoms in total. The van der Waals surface area contributed by atoms with E-state index in [0.717, 1.165) is 47.8 Å². The van der Waals surface area contributed by atoms with Crippen molar-refractivity contribution >= 4 is 34.4 Å². The summed E-state index contributed by atoms with van der Waals surface area (Å²) in [4.78, 5) is 45.4. The SMILES string of the molecule is CCCCN(CCCC)C(=O)c1cc(C)n(-c2ccc(NC(=O)c3oc4ccccc4c3C)cc2C(=O)N2Cc3ccccc3C[C@H]2CO)n1. The number of aromatic nitrogens is 2. The minimum Gasteiger partial charge on any atom is -0.451 e. The monoisotopic (exact) mass is 675 g/mol. The first kappa shape index (κ1) is 34.6. The van der Waals surface area contributed by atoms with Gasteiger partial charge in [-0.25, -0.2) is 4.68 Å². The van der Waals surface area contributed by atoms with Gasteiger partial charge in [-0.1, -0.05) is 69.2 Å². The van der Waals surface area contributed by atoms with Crippen LogP contribution in [0, 0.1) is 13.8 Å². The molecule has 10 heteroatoms. The fourth-order valence-electron chi connectivity index (χ4n) is 6.69. The molecule has 0 radical (unpaired) electrons. The minimum atomic E-state index is -0.441. The van der Waals surface area contributed by atoms with Gasteiger partial charge in [-0.05, 0) is 74.6 Å². The van der Waals surface area contributed by atoms with E-state index in [-0.39, 0.29) is 29.7 Å². The lowest BCUT2D eigenvalue weighted by Crippen LogP contribution is -2.46. The fraction of sp³-hybridized carbons (Fsp3) is 0.350. The number of nitrogens with one attached hydrogen (secondary N) is 1. The van der Waals surface area contributed by atoms with Crippen LogP contribution in [-0.4, -0.2) is 68.1 Å². The molecule has 2 N–H and O–H groups in total. The van der Waals surface area contributed by atoms with Crippen LogP contribution in [-0.2, 0) is 13.0 Å². The van der Waals surface area contributed by atoms with Crippen molar-refractivity contribution in [1.82, 2.24) is 19.6 Å². The van der Waals surface area contributed by atoms with E-state index in [2.05, 4.69) is 19.2 Å². The molecule has 3 amide bonds. The van der Waals surface area contributed by atoms with Crippen molar-refractivity contribution in [2.45, 2.75) is 72.4 Å². The van der Waals surface area contributed by atoms with Crippen LogP contribution in [0.25, 0.3) is 16.7 Å². The van der Waals surface area contributed by atoms with Crippen molar-refractivity contribution in [3.63, 3.8) is 0 Å². The van der Waals surface area contributed by atoms with Crippen molar-refractivity contribution < 1.29 is 23.9 Å². The second-order valence-corrected chi connectivity index (χ2v) is 13.1. The minimum absolute atomic E-state index is 0.139. The number of fused-ring (bicyclic) bond motifs is 2. The number of rotatable bonds is 12. The summed E-state index contributed by atoms with van der Waals surface area (Å²) in [6.45, 7) is 9.33. The van der Waals surface area contributed by atoms with Gasteiger partial charge in [-0.15, -0.1) is 0 Å². The molecule has 260 valence electrons. The zero-order valence-electron chi connectivity index (χ0n) is 29.2. The molecular weight excluding hydrogens is 630 g/mol. The number of aliphatic hydroxyl groups is 1. The van der Waals surface area contributed by atoms with Gasteiger partial charge in [-0.2, -0.15) is 5.10 Å². The first-order valence-electron chi connectivity index (χ1n) is 17.5. The number of carbonyl (C=O) groups excluding carboxylic acids is 3. The molecule has 0 spiro atoms. The molecule has 5 aromatic rings. The lowest BCUT2D eigenvalue weighted by molar-refractivity contribution is 0.0544. The van der Waals surface area contributed by atoms with Crippen LogP contribution in [0.2, 0.25) is 0 Å². The number of unbranched alkanes of at least 4 members (excludes halogenated alkanes) is 2. The normalized spacial score (nSPS) is 14.1. The Hall–Kier alpha value is -5.22. The second-order valence-electron chi connectivity index (χ2n) is 13.1. The topological polar surface area (TPSA) is 121 Å². The number of hydrogen-bond donors (Lipinski definition) is 2. The Labute approximate surface area is 292 Å². The van der Waals surface area contributed by atoms with E-state index in [1.54, 1.807) is 33.8 Å². The highest BCUT2D eigenvalue weighted by atomic mass is 16.3. The number of para-hydroxylation sites is 1. The number of benzene rings is 3. The predicted octanol–water partition coefficient (Wildman–Crippen LogP) is 7.09. The third kappa shape index (κ3) is 6.93. The molecule has 0 unspecified atom stereocenters. The quantitative estimate of drug-likeness (QED) is 0.146. The highest BCUT2D eigenvalue weighted by Crippen LogP contribution is 2.30. The van der Waals surface area contributed by atoms with Gasteiger partial charge in [0.15, 0.2) is 11.5 Å². The molecule has 1 atom stereocenters. The molecular formula is C40H45N5O5. The Morgan fingerprint density at radius 3 is 2.34 bits per heavy atom. The number of anilines is 1. The average molecular weight is 676 g/mol. The van der Waals surface area contributed by atoms with Gasteiger partial charge in [0.2, 0.25) is 0 Å². The van der Waals surface area contributed by atoms with Crippen LogP contribution in [0.1, 0.15) is 93.3 Å². The second kappa shape index (κ2) is 15.1. The maximum Gasteiger partial charge on any atom is 0.291 e. The highest BCUT2D eigenvalue weighted by Gasteiger charge is 2.32. The molecule has 0 fully saturated rings. The Kier molecular flexibility index (Phi) is 10.5. The number of hydrogen-bond acceptors (Lipinski definition) is 6. The first-order valence-corrected chi connectivity index (χ1v) is 17.5. The van der Waals surface area contributed by atoms with Crippen LogP contribution < -0.4 is 5.32 Å². The smallest absolute Gasteiger partial charge is 0.291 e. The third-order valence-corrected chi connectivity index (χ3v) is 9.55. The zero-order chi connectivity index (χ0) is 35.4. The predicted molar refractivity (Wildman–Crippen MR) is 194 cm³/mol. The van der Waals surface area contributed by atoms with Gasteiger partial charge in [0.25, 0.3) is 17.7 Å². The van der Waals surface area contributed by atoms with E-state index in [0.29, 0.717) is 54.4 Å². The number of aliphatic hydroxyl groups excluding tert-OH is 1. The number of furan rings is 1. The summed E-state index contributed by atoms with van der Waals surface area (Å²) in [6, 6.07) is 21.8. The summed E-state index contributed by atoms with van der Waals surface area (Å²) in [5.41, 5.74) is 5.58. The Balaban J connectivity index is 1.39. The van der Waals surface area contributed by atoms with Crippen molar-refractivity contribution in [2.24, 2.45) is 0 Å². The average Bonchev–Trinajstić information content (AvgIpc) is 3.69. The molecule has 1 aliphatic rings. The van der Waals surface area contributed by atoms with Gasteiger partial charge in [0.1, 0.15) is 5.58 Å². The van der Waals surface area contributed by atoms with Gasteiger partial charge in [0.05, 0.1) is 23.9 Å². The summed E-state index contributed by atoms with van der Waals surface area (Å²) < 4.78 is 7.53. The largest absolute Gasteiger partial charge is 0.451 e. The third-order valence-electron chi connectivity index (χ3n) is 9.55. The maximum atomic E-state index is 14.6.